The highest BCUT2D eigenvalue weighted by molar-refractivity contribution is 9.10. The highest BCUT2D eigenvalue weighted by atomic mass is 79.9. The van der Waals surface area contributed by atoms with Crippen LogP contribution in [0.3, 0.4) is 0 Å². The van der Waals surface area contributed by atoms with E-state index in [1.54, 1.807) is 18.2 Å². The summed E-state index contributed by atoms with van der Waals surface area (Å²) in [5.41, 5.74) is 6.26. The molecule has 0 aliphatic heterocycles. The Kier molecular flexibility index (Phi) is 4.86. The van der Waals surface area contributed by atoms with Crippen molar-refractivity contribution in [1.29, 1.82) is 0 Å². The first-order chi connectivity index (χ1) is 9.53. The molecule has 0 aliphatic carbocycles. The van der Waals surface area contributed by atoms with Crippen LogP contribution >= 0.6 is 15.9 Å². The Morgan fingerprint density at radius 1 is 1.40 bits per heavy atom. The Balaban J connectivity index is 2.09. The first-order valence-corrected chi connectivity index (χ1v) is 8.04. The fourth-order valence-electron chi connectivity index (χ4n) is 1.56. The van der Waals surface area contributed by atoms with Crippen molar-refractivity contribution in [3.05, 3.63) is 40.5 Å². The highest BCUT2D eigenvalue weighted by Gasteiger charge is 2.17. The normalized spacial score (nSPS) is 11.7. The van der Waals surface area contributed by atoms with E-state index in [2.05, 4.69) is 35.3 Å². The lowest BCUT2D eigenvalue weighted by Crippen LogP contribution is -2.26. The third-order valence-electron chi connectivity index (χ3n) is 2.57. The van der Waals surface area contributed by atoms with Crippen LogP contribution in [0.15, 0.2) is 38.5 Å². The SMILES string of the molecule is NCc1ccc(Br)c(S(=O)(=O)NCCc2ncon2)c1. The van der Waals surface area contributed by atoms with Crippen molar-refractivity contribution >= 4 is 26.0 Å². The summed E-state index contributed by atoms with van der Waals surface area (Å²) in [5, 5.41) is 3.61. The van der Waals surface area contributed by atoms with Crippen molar-refractivity contribution in [2.24, 2.45) is 5.73 Å². The predicted octanol–water partition coefficient (Wildman–Crippen LogP) is 0.812. The maximum Gasteiger partial charge on any atom is 0.241 e. The molecule has 7 nitrogen and oxygen atoms in total. The topological polar surface area (TPSA) is 111 Å². The van der Waals surface area contributed by atoms with Gasteiger partial charge < -0.3 is 10.3 Å². The molecule has 2 aromatic rings. The van der Waals surface area contributed by atoms with Crippen LogP contribution in [0.2, 0.25) is 0 Å². The second-order valence-corrected chi connectivity index (χ2v) is 6.55. The minimum absolute atomic E-state index is 0.161. The predicted molar refractivity (Wildman–Crippen MR) is 75.2 cm³/mol. The number of nitrogens with zero attached hydrogens (tertiary/aromatic N) is 2. The Hall–Kier alpha value is -1.29. The molecule has 0 saturated heterocycles. The van der Waals surface area contributed by atoms with Crippen molar-refractivity contribution in [2.45, 2.75) is 17.9 Å². The molecular weight excluding hydrogens is 348 g/mol. The van der Waals surface area contributed by atoms with Gasteiger partial charge in [0.05, 0.1) is 4.90 Å². The van der Waals surface area contributed by atoms with E-state index in [9.17, 15) is 8.42 Å². The number of sulfonamides is 1. The lowest BCUT2D eigenvalue weighted by atomic mass is 10.2. The van der Waals surface area contributed by atoms with Gasteiger partial charge in [0, 0.05) is 24.0 Å². The molecule has 3 N–H and O–H groups in total. The largest absolute Gasteiger partial charge is 0.343 e. The quantitative estimate of drug-likeness (QED) is 0.788. The Morgan fingerprint density at radius 2 is 2.20 bits per heavy atom. The van der Waals surface area contributed by atoms with Crippen LogP contribution in [-0.2, 0) is 23.0 Å². The van der Waals surface area contributed by atoms with Gasteiger partial charge in [-0.1, -0.05) is 11.2 Å². The minimum Gasteiger partial charge on any atom is -0.343 e. The fraction of sp³-hybridized carbons (Fsp3) is 0.273. The van der Waals surface area contributed by atoms with Crippen LogP contribution in [0.5, 0.6) is 0 Å². The molecule has 0 bridgehead atoms. The van der Waals surface area contributed by atoms with Crippen molar-refractivity contribution in [3.63, 3.8) is 0 Å². The number of hydrogen-bond acceptors (Lipinski definition) is 6. The van der Waals surface area contributed by atoms with Gasteiger partial charge in [-0.15, -0.1) is 0 Å². The standard InChI is InChI=1S/C11H13BrN4O3S/c12-9-2-1-8(6-13)5-10(9)20(17,18)15-4-3-11-14-7-19-16-11/h1-2,5,7,15H,3-4,6,13H2. The number of halogens is 1. The number of benzene rings is 1. The molecule has 0 unspecified atom stereocenters. The maximum atomic E-state index is 12.2. The van der Waals surface area contributed by atoms with Gasteiger partial charge in [-0.25, -0.2) is 13.1 Å². The molecular formula is C11H13BrN4O3S. The van der Waals surface area contributed by atoms with Crippen LogP contribution in [-0.4, -0.2) is 25.1 Å². The molecule has 0 saturated carbocycles. The van der Waals surface area contributed by atoms with Crippen LogP contribution < -0.4 is 10.5 Å². The minimum atomic E-state index is -3.62. The van der Waals surface area contributed by atoms with Crippen LogP contribution in [0, 0.1) is 0 Å². The van der Waals surface area contributed by atoms with Gasteiger partial charge in [-0.3, -0.25) is 0 Å². The average molecular weight is 361 g/mol. The van der Waals surface area contributed by atoms with E-state index in [1.807, 2.05) is 0 Å². The van der Waals surface area contributed by atoms with Crippen molar-refractivity contribution in [1.82, 2.24) is 14.9 Å². The summed E-state index contributed by atoms with van der Waals surface area (Å²) in [6.07, 6.45) is 1.55. The lowest BCUT2D eigenvalue weighted by molar-refractivity contribution is 0.410. The molecule has 0 atom stereocenters. The molecule has 1 aromatic carbocycles. The Bertz CT molecular complexity index is 673. The summed E-state index contributed by atoms with van der Waals surface area (Å²) in [6, 6.07) is 4.97. The van der Waals surface area contributed by atoms with E-state index in [-0.39, 0.29) is 18.0 Å². The zero-order valence-electron chi connectivity index (χ0n) is 10.4. The zero-order valence-corrected chi connectivity index (χ0v) is 12.8. The van der Waals surface area contributed by atoms with Crippen LogP contribution in [0.1, 0.15) is 11.4 Å². The monoisotopic (exact) mass is 360 g/mol. The van der Waals surface area contributed by atoms with Gasteiger partial charge in [0.1, 0.15) is 0 Å². The summed E-state index contributed by atoms with van der Waals surface area (Å²) in [7, 11) is -3.62. The molecule has 0 spiro atoms. The summed E-state index contributed by atoms with van der Waals surface area (Å²) in [6.45, 7) is 0.458. The highest BCUT2D eigenvalue weighted by Crippen LogP contribution is 2.22. The zero-order chi connectivity index (χ0) is 14.6. The lowest BCUT2D eigenvalue weighted by Gasteiger charge is -2.09. The first kappa shape index (κ1) is 15.1. The summed E-state index contributed by atoms with van der Waals surface area (Å²) in [4.78, 5) is 3.98. The van der Waals surface area contributed by atoms with Gasteiger partial charge in [0.2, 0.25) is 16.4 Å². The molecule has 1 aromatic heterocycles. The average Bonchev–Trinajstić information content (AvgIpc) is 2.92. The number of nitrogens with two attached hydrogens (primary N) is 1. The molecule has 108 valence electrons. The molecule has 0 aliphatic rings. The number of hydrogen-bond donors (Lipinski definition) is 2. The molecule has 0 fully saturated rings. The van der Waals surface area contributed by atoms with E-state index in [0.29, 0.717) is 16.7 Å². The van der Waals surface area contributed by atoms with Gasteiger partial charge in [0.15, 0.2) is 5.82 Å². The van der Waals surface area contributed by atoms with E-state index in [1.165, 1.54) is 6.39 Å². The van der Waals surface area contributed by atoms with Gasteiger partial charge >= 0.3 is 0 Å². The van der Waals surface area contributed by atoms with Crippen molar-refractivity contribution < 1.29 is 12.9 Å². The van der Waals surface area contributed by atoms with Crippen molar-refractivity contribution in [2.75, 3.05) is 6.54 Å². The maximum absolute atomic E-state index is 12.2. The van der Waals surface area contributed by atoms with E-state index in [0.717, 1.165) is 5.56 Å². The summed E-state index contributed by atoms with van der Waals surface area (Å²) >= 11 is 3.23. The van der Waals surface area contributed by atoms with Gasteiger partial charge in [-0.2, -0.15) is 4.98 Å². The third kappa shape index (κ3) is 3.63. The van der Waals surface area contributed by atoms with E-state index < -0.39 is 10.0 Å². The molecule has 0 radical (unpaired) electrons. The Morgan fingerprint density at radius 3 is 2.85 bits per heavy atom. The fourth-order valence-corrected chi connectivity index (χ4v) is 3.60. The molecule has 20 heavy (non-hydrogen) atoms. The number of nitrogens with one attached hydrogen (secondary N) is 1. The van der Waals surface area contributed by atoms with Gasteiger partial charge in [-0.05, 0) is 33.6 Å². The first-order valence-electron chi connectivity index (χ1n) is 5.76. The van der Waals surface area contributed by atoms with Crippen LogP contribution in [0.4, 0.5) is 0 Å². The summed E-state index contributed by atoms with van der Waals surface area (Å²) in [5.74, 6) is 0.447. The number of rotatable bonds is 6. The molecule has 0 amide bonds. The van der Waals surface area contributed by atoms with Crippen LogP contribution in [0.25, 0.3) is 0 Å². The molecule has 2 rings (SSSR count). The third-order valence-corrected chi connectivity index (χ3v) is 5.02. The van der Waals surface area contributed by atoms with Gasteiger partial charge in [0.25, 0.3) is 0 Å². The van der Waals surface area contributed by atoms with E-state index >= 15 is 0 Å². The second kappa shape index (κ2) is 6.44. The Labute approximate surface area is 124 Å². The van der Waals surface area contributed by atoms with E-state index in [4.69, 9.17) is 5.73 Å². The van der Waals surface area contributed by atoms with Crippen molar-refractivity contribution in [3.8, 4) is 0 Å². The molecule has 9 heteroatoms. The second-order valence-electron chi connectivity index (χ2n) is 3.96. The smallest absolute Gasteiger partial charge is 0.241 e. The molecule has 1 heterocycles. The summed E-state index contributed by atoms with van der Waals surface area (Å²) < 4.78 is 32.0. The number of aromatic nitrogens is 2.